The molecule has 1 heterocycles. The Kier molecular flexibility index (Phi) is 14.9. The molecule has 0 aliphatic carbocycles. The molecule has 1 amide bonds. The van der Waals surface area contributed by atoms with Crippen LogP contribution in [-0.2, 0) is 24.8 Å². The van der Waals surface area contributed by atoms with E-state index in [9.17, 15) is 4.79 Å². The number of nitrogens with two attached hydrogens (primary N) is 1. The molecule has 34 heavy (non-hydrogen) atoms. The maximum absolute atomic E-state index is 12.3. The molecular weight excluding hydrogens is 420 g/mol. The van der Waals surface area contributed by atoms with Crippen molar-refractivity contribution in [2.75, 3.05) is 13.1 Å². The normalized spacial score (nSPS) is 12.7. The van der Waals surface area contributed by atoms with E-state index in [4.69, 9.17) is 5.73 Å². The second-order valence-corrected chi connectivity index (χ2v) is 9.76. The van der Waals surface area contributed by atoms with Gasteiger partial charge >= 0.3 is 0 Å². The Labute approximate surface area is 208 Å². The molecule has 3 N–H and O–H groups in total. The fourth-order valence-corrected chi connectivity index (χ4v) is 3.80. The number of amides is 1. The van der Waals surface area contributed by atoms with Gasteiger partial charge in [0.2, 0.25) is 12.2 Å². The van der Waals surface area contributed by atoms with Gasteiger partial charge in [0, 0.05) is 19.0 Å². The van der Waals surface area contributed by atoms with Crippen LogP contribution >= 0.6 is 0 Å². The molecule has 0 aromatic carbocycles. The zero-order chi connectivity index (χ0) is 25.3. The lowest BCUT2D eigenvalue weighted by Crippen LogP contribution is -2.32. The Balaban J connectivity index is 2.30. The van der Waals surface area contributed by atoms with E-state index in [0.717, 1.165) is 63.5 Å². The molecule has 1 aromatic heterocycles. The van der Waals surface area contributed by atoms with Crippen molar-refractivity contribution in [3.8, 4) is 0 Å². The number of aromatic nitrogens is 2. The van der Waals surface area contributed by atoms with E-state index >= 15 is 0 Å². The standard InChI is InChI=1S/C29H48N4O/c1-24(2)11-7-12-25(3)13-8-14-26(4)15-9-16-27(5)21-29(34)31-19-17-28-22-33(20-10-18-30)23-32(28)6/h11,13,15,21-23H,7-10,12,14,16-20,30H2,1-6H3/p+1/b25-13+,26-15+,27-21+. The fraction of sp³-hybridized carbons (Fsp3) is 0.586. The zero-order valence-corrected chi connectivity index (χ0v) is 22.6. The Bertz CT molecular complexity index is 867. The van der Waals surface area contributed by atoms with E-state index in [1.54, 1.807) is 6.08 Å². The molecule has 0 saturated heterocycles. The van der Waals surface area contributed by atoms with Crippen LogP contribution in [0.1, 0.15) is 85.3 Å². The maximum atomic E-state index is 12.3. The molecule has 0 unspecified atom stereocenters. The summed E-state index contributed by atoms with van der Waals surface area (Å²) in [6.07, 6.45) is 21.1. The van der Waals surface area contributed by atoms with Crippen molar-refractivity contribution in [1.82, 2.24) is 9.88 Å². The van der Waals surface area contributed by atoms with Gasteiger partial charge in [0.1, 0.15) is 11.9 Å². The van der Waals surface area contributed by atoms with E-state index < -0.39 is 0 Å². The Hall–Kier alpha value is -2.40. The SMILES string of the molecule is CC(C)=CCC/C(C)=C/CC/C(C)=C/CC/C(C)=C/C(=O)NCCc1c[n+](CCCN)cn1C. The smallest absolute Gasteiger partial charge is 0.243 e. The monoisotopic (exact) mass is 469 g/mol. The second kappa shape index (κ2) is 17.1. The summed E-state index contributed by atoms with van der Waals surface area (Å²) in [5, 5.41) is 3.02. The van der Waals surface area contributed by atoms with Gasteiger partial charge in [0.05, 0.1) is 13.6 Å². The lowest BCUT2D eigenvalue weighted by molar-refractivity contribution is -0.696. The van der Waals surface area contributed by atoms with Gasteiger partial charge in [0.15, 0.2) is 0 Å². The van der Waals surface area contributed by atoms with Crippen molar-refractivity contribution in [3.63, 3.8) is 0 Å². The van der Waals surface area contributed by atoms with Crippen molar-refractivity contribution in [1.29, 1.82) is 0 Å². The summed E-state index contributed by atoms with van der Waals surface area (Å²) in [5.41, 5.74) is 12.2. The maximum Gasteiger partial charge on any atom is 0.243 e. The first-order valence-corrected chi connectivity index (χ1v) is 12.8. The Morgan fingerprint density at radius 2 is 1.56 bits per heavy atom. The number of aryl methyl sites for hydroxylation is 2. The lowest BCUT2D eigenvalue weighted by Gasteiger charge is -2.04. The first-order valence-electron chi connectivity index (χ1n) is 12.8. The van der Waals surface area contributed by atoms with Crippen molar-refractivity contribution in [2.45, 2.75) is 92.5 Å². The zero-order valence-electron chi connectivity index (χ0n) is 22.6. The molecule has 0 atom stereocenters. The minimum absolute atomic E-state index is 0.00265. The van der Waals surface area contributed by atoms with Gasteiger partial charge in [-0.3, -0.25) is 4.79 Å². The molecule has 1 aromatic rings. The molecular formula is C29H49N4O+. The second-order valence-electron chi connectivity index (χ2n) is 9.76. The number of nitrogens with one attached hydrogen (secondary N) is 1. The largest absolute Gasteiger partial charge is 0.352 e. The van der Waals surface area contributed by atoms with E-state index in [2.05, 4.69) is 72.9 Å². The van der Waals surface area contributed by atoms with Gasteiger partial charge in [-0.15, -0.1) is 0 Å². The molecule has 5 heteroatoms. The van der Waals surface area contributed by atoms with Crippen LogP contribution in [0.2, 0.25) is 0 Å². The Morgan fingerprint density at radius 1 is 0.971 bits per heavy atom. The average molecular weight is 470 g/mol. The topological polar surface area (TPSA) is 63.9 Å². The van der Waals surface area contributed by atoms with Crippen LogP contribution in [0, 0.1) is 0 Å². The number of allylic oxidation sites excluding steroid dienone is 7. The molecule has 5 nitrogen and oxygen atoms in total. The van der Waals surface area contributed by atoms with Gasteiger partial charge in [-0.05, 0) is 86.1 Å². The number of hydrogen-bond acceptors (Lipinski definition) is 2. The van der Waals surface area contributed by atoms with Crippen LogP contribution in [0.3, 0.4) is 0 Å². The van der Waals surface area contributed by atoms with Crippen molar-refractivity contribution < 1.29 is 9.36 Å². The molecule has 0 radical (unpaired) electrons. The number of imidazole rings is 1. The highest BCUT2D eigenvalue weighted by molar-refractivity contribution is 5.88. The summed E-state index contributed by atoms with van der Waals surface area (Å²) in [5.74, 6) is -0.00265. The molecule has 1 rings (SSSR count). The summed E-state index contributed by atoms with van der Waals surface area (Å²) in [4.78, 5) is 12.3. The van der Waals surface area contributed by atoms with Gasteiger partial charge in [-0.2, -0.15) is 0 Å². The summed E-state index contributed by atoms with van der Waals surface area (Å²) in [6.45, 7) is 13.1. The highest BCUT2D eigenvalue weighted by Crippen LogP contribution is 2.13. The number of nitrogens with zero attached hydrogens (tertiary/aromatic N) is 2. The molecule has 0 fully saturated rings. The van der Waals surface area contributed by atoms with Gasteiger partial charge in [-0.25, -0.2) is 9.13 Å². The van der Waals surface area contributed by atoms with Crippen molar-refractivity contribution >= 4 is 5.91 Å². The lowest BCUT2D eigenvalue weighted by atomic mass is 10.0. The third-order valence-electron chi connectivity index (χ3n) is 5.92. The third-order valence-corrected chi connectivity index (χ3v) is 5.92. The van der Waals surface area contributed by atoms with Gasteiger partial charge < -0.3 is 11.1 Å². The highest BCUT2D eigenvalue weighted by atomic mass is 16.1. The summed E-state index contributed by atoms with van der Waals surface area (Å²) >= 11 is 0. The molecule has 0 aliphatic rings. The minimum atomic E-state index is -0.00265. The first kappa shape index (κ1) is 29.6. The van der Waals surface area contributed by atoms with Crippen LogP contribution in [0.4, 0.5) is 0 Å². The number of hydrogen-bond donors (Lipinski definition) is 2. The summed E-state index contributed by atoms with van der Waals surface area (Å²) in [6, 6.07) is 0. The highest BCUT2D eigenvalue weighted by Gasteiger charge is 2.10. The summed E-state index contributed by atoms with van der Waals surface area (Å²) in [7, 11) is 2.04. The number of rotatable bonds is 16. The van der Waals surface area contributed by atoms with E-state index in [0.29, 0.717) is 13.1 Å². The van der Waals surface area contributed by atoms with Crippen LogP contribution in [-0.4, -0.2) is 23.6 Å². The molecule has 0 saturated carbocycles. The fourth-order valence-electron chi connectivity index (χ4n) is 3.80. The average Bonchev–Trinajstić information content (AvgIpc) is 3.11. The number of carbonyl (C=O) groups excluding carboxylic acids is 1. The van der Waals surface area contributed by atoms with E-state index in [1.807, 2.05) is 14.0 Å². The van der Waals surface area contributed by atoms with Gasteiger partial charge in [-0.1, -0.05) is 40.5 Å². The first-order chi connectivity index (χ1) is 16.2. The predicted molar refractivity (Wildman–Crippen MR) is 144 cm³/mol. The molecule has 0 spiro atoms. The van der Waals surface area contributed by atoms with E-state index in [1.165, 1.54) is 22.4 Å². The van der Waals surface area contributed by atoms with Crippen molar-refractivity contribution in [3.05, 3.63) is 64.8 Å². The molecule has 0 bridgehead atoms. The quantitative estimate of drug-likeness (QED) is 0.192. The van der Waals surface area contributed by atoms with Crippen LogP contribution in [0.15, 0.2) is 59.1 Å². The van der Waals surface area contributed by atoms with Crippen LogP contribution in [0.25, 0.3) is 0 Å². The minimum Gasteiger partial charge on any atom is -0.352 e. The van der Waals surface area contributed by atoms with Crippen LogP contribution in [0.5, 0.6) is 0 Å². The van der Waals surface area contributed by atoms with Crippen LogP contribution < -0.4 is 15.6 Å². The predicted octanol–water partition coefficient (Wildman–Crippen LogP) is 5.47. The number of carbonyl (C=O) groups is 1. The van der Waals surface area contributed by atoms with Crippen molar-refractivity contribution in [2.24, 2.45) is 12.8 Å². The summed E-state index contributed by atoms with van der Waals surface area (Å²) < 4.78 is 4.27. The Morgan fingerprint density at radius 3 is 2.15 bits per heavy atom. The molecule has 190 valence electrons. The molecule has 0 aliphatic heterocycles. The van der Waals surface area contributed by atoms with E-state index in [-0.39, 0.29) is 5.91 Å². The van der Waals surface area contributed by atoms with Gasteiger partial charge in [0.25, 0.3) is 0 Å². The third kappa shape index (κ3) is 14.0.